The first-order valence-corrected chi connectivity index (χ1v) is 12.1. The van der Waals surface area contributed by atoms with Crippen molar-refractivity contribution in [2.45, 2.75) is 24.3 Å². The molecule has 0 bridgehead atoms. The number of fused-ring (bicyclic) bond motifs is 1. The van der Waals surface area contributed by atoms with Crippen LogP contribution in [0.2, 0.25) is 0 Å². The molecule has 1 amide bonds. The smallest absolute Gasteiger partial charge is 0.264 e. The van der Waals surface area contributed by atoms with Crippen LogP contribution in [-0.4, -0.2) is 40.6 Å². The molecule has 4 rings (SSSR count). The Morgan fingerprint density at radius 2 is 1.82 bits per heavy atom. The molecule has 1 N–H and O–H groups in total. The molecule has 1 heterocycles. The van der Waals surface area contributed by atoms with Crippen LogP contribution in [0.3, 0.4) is 0 Å². The lowest BCUT2D eigenvalue weighted by Crippen LogP contribution is -2.51. The van der Waals surface area contributed by atoms with E-state index in [1.165, 1.54) is 17.5 Å². The number of para-hydroxylation sites is 2. The number of ether oxygens (including phenoxy) is 2. The van der Waals surface area contributed by atoms with Gasteiger partial charge in [0.05, 0.1) is 24.2 Å². The summed E-state index contributed by atoms with van der Waals surface area (Å²) in [7, 11) is -2.40. The molecule has 0 radical (unpaired) electrons. The minimum atomic E-state index is -3.94. The number of sulfonamides is 1. The van der Waals surface area contributed by atoms with Crippen LogP contribution in [0.5, 0.6) is 11.5 Å². The fourth-order valence-electron chi connectivity index (χ4n) is 3.79. The molecule has 0 saturated carbocycles. The maximum absolute atomic E-state index is 13.6. The second-order valence-corrected chi connectivity index (χ2v) is 9.63. The molecule has 1 aliphatic heterocycles. The SMILES string of the molecule is COc1ccc(S(=O)(=O)N2CC(C(=O)NCCc3ccccc3)Oc3ccccc32)cc1C. The van der Waals surface area contributed by atoms with Crippen molar-refractivity contribution in [1.82, 2.24) is 5.32 Å². The molecule has 0 aromatic heterocycles. The average molecular weight is 467 g/mol. The molecule has 7 nitrogen and oxygen atoms in total. The van der Waals surface area contributed by atoms with Crippen molar-refractivity contribution in [2.75, 3.05) is 24.5 Å². The molecule has 0 fully saturated rings. The van der Waals surface area contributed by atoms with Gasteiger partial charge in [0.1, 0.15) is 11.5 Å². The van der Waals surface area contributed by atoms with Crippen LogP contribution in [0.15, 0.2) is 77.7 Å². The Morgan fingerprint density at radius 1 is 1.09 bits per heavy atom. The lowest BCUT2D eigenvalue weighted by molar-refractivity contribution is -0.127. The maximum Gasteiger partial charge on any atom is 0.264 e. The quantitative estimate of drug-likeness (QED) is 0.578. The number of nitrogens with one attached hydrogen (secondary N) is 1. The van der Waals surface area contributed by atoms with Crippen molar-refractivity contribution in [1.29, 1.82) is 0 Å². The van der Waals surface area contributed by atoms with Gasteiger partial charge in [-0.25, -0.2) is 8.42 Å². The minimum absolute atomic E-state index is 0.123. The van der Waals surface area contributed by atoms with Gasteiger partial charge in [0.2, 0.25) is 0 Å². The largest absolute Gasteiger partial charge is 0.496 e. The molecule has 0 aliphatic carbocycles. The third kappa shape index (κ3) is 4.80. The van der Waals surface area contributed by atoms with Gasteiger partial charge in [-0.2, -0.15) is 0 Å². The van der Waals surface area contributed by atoms with Crippen molar-refractivity contribution in [3.8, 4) is 11.5 Å². The molecule has 0 saturated heterocycles. The highest BCUT2D eigenvalue weighted by Gasteiger charge is 2.37. The molecule has 3 aromatic carbocycles. The Balaban J connectivity index is 1.56. The van der Waals surface area contributed by atoms with Crippen molar-refractivity contribution in [3.05, 3.63) is 83.9 Å². The van der Waals surface area contributed by atoms with Crippen molar-refractivity contribution >= 4 is 21.6 Å². The number of aryl methyl sites for hydroxylation is 1. The topological polar surface area (TPSA) is 84.9 Å². The van der Waals surface area contributed by atoms with Gasteiger partial charge in [0, 0.05) is 6.54 Å². The summed E-state index contributed by atoms with van der Waals surface area (Å²) in [6.07, 6.45) is -0.298. The monoisotopic (exact) mass is 466 g/mol. The fraction of sp³-hybridized carbons (Fsp3) is 0.240. The summed E-state index contributed by atoms with van der Waals surface area (Å²) in [6, 6.07) is 21.3. The van der Waals surface area contributed by atoms with E-state index in [4.69, 9.17) is 9.47 Å². The van der Waals surface area contributed by atoms with E-state index in [1.807, 2.05) is 30.3 Å². The normalized spacial score (nSPS) is 15.3. The van der Waals surface area contributed by atoms with Crippen LogP contribution in [-0.2, 0) is 21.2 Å². The third-order valence-electron chi connectivity index (χ3n) is 5.54. The molecule has 1 aliphatic rings. The Kier molecular flexibility index (Phi) is 6.55. The Labute approximate surface area is 194 Å². The Morgan fingerprint density at radius 3 is 2.55 bits per heavy atom. The molecular formula is C25H26N2O5S. The fourth-order valence-corrected chi connectivity index (χ4v) is 5.36. The van der Waals surface area contributed by atoms with Crippen LogP contribution >= 0.6 is 0 Å². The van der Waals surface area contributed by atoms with E-state index in [9.17, 15) is 13.2 Å². The third-order valence-corrected chi connectivity index (χ3v) is 7.31. The summed E-state index contributed by atoms with van der Waals surface area (Å²) in [6.45, 7) is 2.09. The zero-order valence-corrected chi connectivity index (χ0v) is 19.3. The first kappa shape index (κ1) is 22.7. The number of amides is 1. The first-order valence-electron chi connectivity index (χ1n) is 10.6. The molecule has 0 spiro atoms. The van der Waals surface area contributed by atoms with Crippen LogP contribution in [0.1, 0.15) is 11.1 Å². The highest BCUT2D eigenvalue weighted by atomic mass is 32.2. The Hall–Kier alpha value is -3.52. The molecule has 1 unspecified atom stereocenters. The van der Waals surface area contributed by atoms with E-state index < -0.39 is 16.1 Å². The standard InChI is InChI=1S/C25H26N2O5S/c1-18-16-20(12-13-22(18)31-2)33(29,30)27-17-24(32-23-11-7-6-10-21(23)27)25(28)26-15-14-19-8-4-3-5-9-19/h3-13,16,24H,14-15,17H2,1-2H3,(H,26,28). The van der Waals surface area contributed by atoms with E-state index in [1.54, 1.807) is 43.3 Å². The number of benzene rings is 3. The van der Waals surface area contributed by atoms with Crippen LogP contribution in [0.25, 0.3) is 0 Å². The number of methoxy groups -OCH3 is 1. The van der Waals surface area contributed by atoms with Gasteiger partial charge in [-0.1, -0.05) is 42.5 Å². The maximum atomic E-state index is 13.6. The average Bonchev–Trinajstić information content (AvgIpc) is 2.83. The zero-order valence-electron chi connectivity index (χ0n) is 18.5. The molecule has 1 atom stereocenters. The van der Waals surface area contributed by atoms with Crippen LogP contribution in [0, 0.1) is 6.92 Å². The second kappa shape index (κ2) is 9.54. The molecule has 3 aromatic rings. The van der Waals surface area contributed by atoms with Gasteiger partial charge >= 0.3 is 0 Å². The summed E-state index contributed by atoms with van der Waals surface area (Å²) in [4.78, 5) is 13.0. The van der Waals surface area contributed by atoms with Crippen molar-refractivity contribution in [3.63, 3.8) is 0 Å². The van der Waals surface area contributed by atoms with E-state index in [0.717, 1.165) is 5.56 Å². The number of rotatable bonds is 7. The number of hydrogen-bond donors (Lipinski definition) is 1. The van der Waals surface area contributed by atoms with Crippen LogP contribution < -0.4 is 19.1 Å². The summed E-state index contributed by atoms with van der Waals surface area (Å²) >= 11 is 0. The summed E-state index contributed by atoms with van der Waals surface area (Å²) < 4.78 is 39.5. The van der Waals surface area contributed by atoms with Gasteiger partial charge in [-0.15, -0.1) is 0 Å². The highest BCUT2D eigenvalue weighted by molar-refractivity contribution is 7.92. The second-order valence-electron chi connectivity index (χ2n) is 7.77. The van der Waals surface area contributed by atoms with Gasteiger partial charge in [-0.05, 0) is 54.8 Å². The number of anilines is 1. The summed E-state index contributed by atoms with van der Waals surface area (Å²) in [5.74, 6) is 0.597. The molecule has 172 valence electrons. The Bertz CT molecular complexity index is 1240. The predicted molar refractivity (Wildman–Crippen MR) is 126 cm³/mol. The predicted octanol–water partition coefficient (Wildman–Crippen LogP) is 3.32. The lowest BCUT2D eigenvalue weighted by Gasteiger charge is -2.34. The molecule has 33 heavy (non-hydrogen) atoms. The van der Waals surface area contributed by atoms with Crippen molar-refractivity contribution < 1.29 is 22.7 Å². The van der Waals surface area contributed by atoms with E-state index in [-0.39, 0.29) is 17.3 Å². The minimum Gasteiger partial charge on any atom is -0.496 e. The van der Waals surface area contributed by atoms with E-state index in [0.29, 0.717) is 35.7 Å². The van der Waals surface area contributed by atoms with E-state index in [2.05, 4.69) is 5.32 Å². The van der Waals surface area contributed by atoms with Gasteiger partial charge in [0.15, 0.2) is 6.10 Å². The number of carbonyl (C=O) groups is 1. The number of carbonyl (C=O) groups excluding carboxylic acids is 1. The molecule has 8 heteroatoms. The molecular weight excluding hydrogens is 440 g/mol. The summed E-state index contributed by atoms with van der Waals surface area (Å²) in [5.41, 5.74) is 2.21. The van der Waals surface area contributed by atoms with Crippen LogP contribution in [0.4, 0.5) is 5.69 Å². The van der Waals surface area contributed by atoms with Gasteiger partial charge in [0.25, 0.3) is 15.9 Å². The van der Waals surface area contributed by atoms with Crippen molar-refractivity contribution in [2.24, 2.45) is 0 Å². The number of nitrogens with zero attached hydrogens (tertiary/aromatic N) is 1. The first-order chi connectivity index (χ1) is 15.9. The number of hydrogen-bond acceptors (Lipinski definition) is 5. The van der Waals surface area contributed by atoms with E-state index >= 15 is 0 Å². The zero-order chi connectivity index (χ0) is 23.4. The lowest BCUT2D eigenvalue weighted by atomic mass is 10.1. The highest BCUT2D eigenvalue weighted by Crippen LogP contribution is 2.37. The summed E-state index contributed by atoms with van der Waals surface area (Å²) in [5, 5.41) is 2.87. The van der Waals surface area contributed by atoms with Gasteiger partial charge < -0.3 is 14.8 Å². The van der Waals surface area contributed by atoms with Gasteiger partial charge in [-0.3, -0.25) is 9.10 Å².